The Hall–Kier alpha value is -2.97. The fraction of sp³-hybridized carbons (Fsp3) is 0. The summed E-state index contributed by atoms with van der Waals surface area (Å²) in [5.74, 6) is 0.411. The van der Waals surface area contributed by atoms with Crippen LogP contribution >= 0.6 is 23.2 Å². The number of hydrogen-bond acceptors (Lipinski definition) is 7. The minimum Gasteiger partial charge on any atom is -0.333 e. The zero-order valence-corrected chi connectivity index (χ0v) is 14.0. The maximum Gasteiger partial charge on any atom is 0.353 e. The van der Waals surface area contributed by atoms with Crippen molar-refractivity contribution in [2.24, 2.45) is 0 Å². The predicted molar refractivity (Wildman–Crippen MR) is 96.0 cm³/mol. The predicted octanol–water partition coefficient (Wildman–Crippen LogP) is 4.57. The highest BCUT2D eigenvalue weighted by atomic mass is 35.5. The Balaban J connectivity index is 1.99. The van der Waals surface area contributed by atoms with E-state index >= 15 is 0 Å². The van der Waals surface area contributed by atoms with Crippen molar-refractivity contribution in [2.45, 2.75) is 0 Å². The average Bonchev–Trinajstić information content (AvgIpc) is 2.58. The van der Waals surface area contributed by atoms with Crippen LogP contribution in [-0.2, 0) is 0 Å². The molecule has 25 heavy (non-hydrogen) atoms. The summed E-state index contributed by atoms with van der Waals surface area (Å²) in [5, 5.41) is 17.9. The minimum absolute atomic E-state index is 0.00582. The van der Waals surface area contributed by atoms with Crippen LogP contribution in [0.3, 0.4) is 0 Å². The van der Waals surface area contributed by atoms with Gasteiger partial charge in [-0.15, -0.1) is 0 Å². The molecule has 0 spiro atoms. The van der Waals surface area contributed by atoms with Crippen molar-refractivity contribution in [3.8, 4) is 0 Å². The maximum absolute atomic E-state index is 11.5. The molecule has 8 nitrogen and oxygen atoms in total. The Morgan fingerprint density at radius 2 is 1.76 bits per heavy atom. The molecule has 0 bridgehead atoms. The van der Waals surface area contributed by atoms with Gasteiger partial charge in [0.2, 0.25) is 11.6 Å². The van der Waals surface area contributed by atoms with Crippen LogP contribution in [-0.4, -0.2) is 19.9 Å². The van der Waals surface area contributed by atoms with Crippen LogP contribution in [0.15, 0.2) is 48.9 Å². The zero-order chi connectivity index (χ0) is 17.8. The second-order valence-corrected chi connectivity index (χ2v) is 5.61. The lowest BCUT2D eigenvalue weighted by Crippen LogP contribution is -2.06. The van der Waals surface area contributed by atoms with Gasteiger partial charge in [-0.2, -0.15) is 0 Å². The van der Waals surface area contributed by atoms with Gasteiger partial charge in [0.1, 0.15) is 12.1 Å². The molecule has 0 aliphatic carbocycles. The Labute approximate surface area is 152 Å². The average molecular weight is 377 g/mol. The normalized spacial score (nSPS) is 10.3. The number of nitro groups is 1. The molecule has 2 heterocycles. The molecule has 1 aromatic carbocycles. The van der Waals surface area contributed by atoms with Crippen LogP contribution in [0, 0.1) is 10.1 Å². The third-order valence-corrected chi connectivity index (χ3v) is 3.65. The molecule has 0 radical (unpaired) electrons. The summed E-state index contributed by atoms with van der Waals surface area (Å²) in [6.07, 6.45) is 2.76. The monoisotopic (exact) mass is 376 g/mol. The zero-order valence-electron chi connectivity index (χ0n) is 12.5. The van der Waals surface area contributed by atoms with Gasteiger partial charge in [0.05, 0.1) is 15.6 Å². The van der Waals surface area contributed by atoms with Crippen LogP contribution in [0.1, 0.15) is 0 Å². The van der Waals surface area contributed by atoms with E-state index in [9.17, 15) is 10.1 Å². The smallest absolute Gasteiger partial charge is 0.333 e. The van der Waals surface area contributed by atoms with E-state index in [0.717, 1.165) is 0 Å². The number of nitrogens with one attached hydrogen (secondary N) is 2. The molecule has 0 fully saturated rings. The van der Waals surface area contributed by atoms with Gasteiger partial charge in [-0.1, -0.05) is 29.3 Å². The summed E-state index contributed by atoms with van der Waals surface area (Å²) >= 11 is 11.9. The topological polar surface area (TPSA) is 106 Å². The second kappa shape index (κ2) is 7.29. The lowest BCUT2D eigenvalue weighted by atomic mass is 10.3. The molecule has 126 valence electrons. The van der Waals surface area contributed by atoms with Crippen molar-refractivity contribution in [1.29, 1.82) is 0 Å². The first-order chi connectivity index (χ1) is 12.0. The molecule has 0 saturated carbocycles. The Kier molecular flexibility index (Phi) is 4.92. The van der Waals surface area contributed by atoms with Crippen molar-refractivity contribution < 1.29 is 4.92 Å². The van der Waals surface area contributed by atoms with Crippen LogP contribution in [0.25, 0.3) is 0 Å². The fourth-order valence-electron chi connectivity index (χ4n) is 2.01. The van der Waals surface area contributed by atoms with E-state index in [1.165, 1.54) is 12.4 Å². The third kappa shape index (κ3) is 3.93. The number of nitrogens with zero attached hydrogens (tertiary/aromatic N) is 4. The summed E-state index contributed by atoms with van der Waals surface area (Å²) in [5.41, 5.74) is 0.0934. The van der Waals surface area contributed by atoms with E-state index in [1.807, 2.05) is 0 Å². The van der Waals surface area contributed by atoms with Gasteiger partial charge in [0, 0.05) is 11.2 Å². The number of rotatable bonds is 5. The third-order valence-electron chi connectivity index (χ3n) is 3.10. The summed E-state index contributed by atoms with van der Waals surface area (Å²) in [6.45, 7) is 0. The molecule has 10 heteroatoms. The standard InChI is InChI=1S/C15H10Cl2N6O2/c16-9-4-5-11(10(17)7-9)21-14-13(23(24)25)15(20-8-19-14)22-12-3-1-2-6-18-12/h1-8H,(H2,18,19,20,21,22). The largest absolute Gasteiger partial charge is 0.353 e. The van der Waals surface area contributed by atoms with Crippen molar-refractivity contribution in [3.63, 3.8) is 0 Å². The SMILES string of the molecule is O=[N+]([O-])c1c(Nc2ccccn2)ncnc1Nc1ccc(Cl)cc1Cl. The molecular formula is C15H10Cl2N6O2. The molecule has 0 saturated heterocycles. The van der Waals surface area contributed by atoms with Gasteiger partial charge in [0.15, 0.2) is 0 Å². The number of pyridine rings is 1. The van der Waals surface area contributed by atoms with Crippen LogP contribution < -0.4 is 10.6 Å². The first kappa shape index (κ1) is 16.9. The van der Waals surface area contributed by atoms with Crippen LogP contribution in [0.5, 0.6) is 0 Å². The summed E-state index contributed by atoms with van der Waals surface area (Å²) < 4.78 is 0. The van der Waals surface area contributed by atoms with Gasteiger partial charge in [0.25, 0.3) is 0 Å². The van der Waals surface area contributed by atoms with E-state index in [2.05, 4.69) is 25.6 Å². The van der Waals surface area contributed by atoms with Gasteiger partial charge < -0.3 is 10.6 Å². The summed E-state index contributed by atoms with van der Waals surface area (Å²) in [6, 6.07) is 9.86. The number of hydrogen-bond donors (Lipinski definition) is 2. The van der Waals surface area contributed by atoms with Gasteiger partial charge in [-0.25, -0.2) is 15.0 Å². The molecule has 0 atom stereocenters. The highest BCUT2D eigenvalue weighted by Crippen LogP contribution is 2.35. The molecule has 0 aliphatic heterocycles. The van der Waals surface area contributed by atoms with Gasteiger partial charge >= 0.3 is 5.69 Å². The van der Waals surface area contributed by atoms with Gasteiger partial charge in [-0.05, 0) is 30.3 Å². The van der Waals surface area contributed by atoms with E-state index in [1.54, 1.807) is 36.5 Å². The number of halogens is 2. The van der Waals surface area contributed by atoms with E-state index < -0.39 is 4.92 Å². The Morgan fingerprint density at radius 3 is 2.40 bits per heavy atom. The summed E-state index contributed by atoms with van der Waals surface area (Å²) in [7, 11) is 0. The van der Waals surface area contributed by atoms with Gasteiger partial charge in [-0.3, -0.25) is 10.1 Å². The lowest BCUT2D eigenvalue weighted by Gasteiger charge is -2.10. The van der Waals surface area contributed by atoms with Crippen LogP contribution in [0.2, 0.25) is 10.0 Å². The van der Waals surface area contributed by atoms with E-state index in [4.69, 9.17) is 23.2 Å². The Bertz CT molecular complexity index is 923. The Morgan fingerprint density at radius 1 is 1.00 bits per heavy atom. The molecule has 0 unspecified atom stereocenters. The molecule has 0 amide bonds. The molecule has 2 N–H and O–H groups in total. The molecule has 3 aromatic rings. The van der Waals surface area contributed by atoms with Crippen molar-refractivity contribution in [3.05, 3.63) is 69.1 Å². The molecular weight excluding hydrogens is 367 g/mol. The number of aromatic nitrogens is 3. The summed E-state index contributed by atoms with van der Waals surface area (Å²) in [4.78, 5) is 22.9. The van der Waals surface area contributed by atoms with Crippen molar-refractivity contribution in [1.82, 2.24) is 15.0 Å². The lowest BCUT2D eigenvalue weighted by molar-refractivity contribution is -0.383. The first-order valence-corrected chi connectivity index (χ1v) is 7.69. The van der Waals surface area contributed by atoms with E-state index in [-0.39, 0.29) is 17.3 Å². The highest BCUT2D eigenvalue weighted by Gasteiger charge is 2.24. The maximum atomic E-state index is 11.5. The fourth-order valence-corrected chi connectivity index (χ4v) is 2.47. The van der Waals surface area contributed by atoms with E-state index in [0.29, 0.717) is 21.6 Å². The van der Waals surface area contributed by atoms with Crippen molar-refractivity contribution >= 4 is 52.0 Å². The van der Waals surface area contributed by atoms with Crippen molar-refractivity contribution in [2.75, 3.05) is 10.6 Å². The highest BCUT2D eigenvalue weighted by molar-refractivity contribution is 6.36. The molecule has 2 aromatic heterocycles. The second-order valence-electron chi connectivity index (χ2n) is 4.77. The minimum atomic E-state index is -0.586. The first-order valence-electron chi connectivity index (χ1n) is 6.94. The molecule has 0 aliphatic rings. The quantitative estimate of drug-likeness (QED) is 0.495. The number of anilines is 4. The van der Waals surface area contributed by atoms with Crippen LogP contribution in [0.4, 0.5) is 28.8 Å². The number of benzene rings is 1. The molecule has 3 rings (SSSR count).